The van der Waals surface area contributed by atoms with Crippen LogP contribution in [0.5, 0.6) is 0 Å². The molecular formula is C12H17NO3S. The predicted octanol–water partition coefficient (Wildman–Crippen LogP) is 2.49. The van der Waals surface area contributed by atoms with Crippen LogP contribution in [0, 0.1) is 6.92 Å². The van der Waals surface area contributed by atoms with Crippen molar-refractivity contribution in [1.82, 2.24) is 5.32 Å². The largest absolute Gasteiger partial charge is 0.481 e. The maximum absolute atomic E-state index is 11.5. The van der Waals surface area contributed by atoms with Crippen molar-refractivity contribution in [3.05, 3.63) is 21.9 Å². The highest BCUT2D eigenvalue weighted by molar-refractivity contribution is 7.12. The molecule has 0 saturated heterocycles. The molecule has 0 fully saturated rings. The number of aliphatic carboxylic acids is 1. The highest BCUT2D eigenvalue weighted by atomic mass is 32.1. The van der Waals surface area contributed by atoms with Crippen molar-refractivity contribution in [3.8, 4) is 0 Å². The van der Waals surface area contributed by atoms with Gasteiger partial charge >= 0.3 is 5.97 Å². The van der Waals surface area contributed by atoms with Gasteiger partial charge in [0.2, 0.25) is 5.91 Å². The third-order valence-electron chi connectivity index (χ3n) is 2.36. The molecule has 0 saturated carbocycles. The lowest BCUT2D eigenvalue weighted by Crippen LogP contribution is -2.25. The molecule has 0 aliphatic rings. The second-order valence-electron chi connectivity index (χ2n) is 3.98. The van der Waals surface area contributed by atoms with Crippen LogP contribution >= 0.6 is 11.3 Å². The number of hydrogen-bond acceptors (Lipinski definition) is 3. The van der Waals surface area contributed by atoms with E-state index in [0.717, 1.165) is 4.88 Å². The molecule has 2 N–H and O–H groups in total. The van der Waals surface area contributed by atoms with E-state index in [2.05, 4.69) is 5.32 Å². The lowest BCUT2D eigenvalue weighted by Gasteiger charge is -2.11. The summed E-state index contributed by atoms with van der Waals surface area (Å²) in [6.45, 7) is 3.95. The molecule has 1 heterocycles. The fraction of sp³-hybridized carbons (Fsp3) is 0.500. The van der Waals surface area contributed by atoms with Crippen LogP contribution in [0.25, 0.3) is 0 Å². The zero-order valence-corrected chi connectivity index (χ0v) is 10.8. The molecule has 0 aliphatic carbocycles. The number of hydrogen-bond donors (Lipinski definition) is 2. The Morgan fingerprint density at radius 3 is 2.65 bits per heavy atom. The summed E-state index contributed by atoms with van der Waals surface area (Å²) in [5.74, 6) is -0.954. The van der Waals surface area contributed by atoms with Gasteiger partial charge in [-0.2, -0.15) is 0 Å². The van der Waals surface area contributed by atoms with Crippen LogP contribution < -0.4 is 5.32 Å². The third kappa shape index (κ3) is 4.99. The van der Waals surface area contributed by atoms with E-state index in [1.807, 2.05) is 26.0 Å². The van der Waals surface area contributed by atoms with Gasteiger partial charge in [0.15, 0.2) is 0 Å². The Hall–Kier alpha value is -1.36. The lowest BCUT2D eigenvalue weighted by atomic mass is 10.2. The molecular weight excluding hydrogens is 238 g/mol. The van der Waals surface area contributed by atoms with Crippen molar-refractivity contribution in [2.45, 2.75) is 39.2 Å². The minimum Gasteiger partial charge on any atom is -0.481 e. The molecule has 1 rings (SSSR count). The Morgan fingerprint density at radius 1 is 1.41 bits per heavy atom. The molecule has 4 nitrogen and oxygen atoms in total. The first kappa shape index (κ1) is 13.7. The fourth-order valence-corrected chi connectivity index (χ4v) is 2.35. The molecule has 0 radical (unpaired) electrons. The predicted molar refractivity (Wildman–Crippen MR) is 67.1 cm³/mol. The summed E-state index contributed by atoms with van der Waals surface area (Å²) in [4.78, 5) is 24.1. The first-order valence-electron chi connectivity index (χ1n) is 5.56. The van der Waals surface area contributed by atoms with E-state index in [0.29, 0.717) is 6.42 Å². The number of carboxylic acid groups (broad SMARTS) is 1. The van der Waals surface area contributed by atoms with E-state index in [-0.39, 0.29) is 24.8 Å². The molecule has 5 heteroatoms. The SMILES string of the molecule is Cc1ccc(C(C)NC(=O)CCCC(=O)O)s1. The standard InChI is InChI=1S/C12H17NO3S/c1-8-6-7-10(17-8)9(2)13-11(14)4-3-5-12(15)16/h6-7,9H,3-5H2,1-2H3,(H,13,14)(H,15,16). The Kier molecular flexibility index (Phi) is 5.15. The molecule has 1 unspecified atom stereocenters. The van der Waals surface area contributed by atoms with Gasteiger partial charge in [-0.1, -0.05) is 0 Å². The van der Waals surface area contributed by atoms with Crippen molar-refractivity contribution >= 4 is 23.2 Å². The number of carboxylic acids is 1. The monoisotopic (exact) mass is 255 g/mol. The van der Waals surface area contributed by atoms with Gasteiger partial charge < -0.3 is 10.4 Å². The normalized spacial score (nSPS) is 12.1. The molecule has 0 aliphatic heterocycles. The van der Waals surface area contributed by atoms with Crippen molar-refractivity contribution in [2.24, 2.45) is 0 Å². The first-order chi connectivity index (χ1) is 7.99. The number of amides is 1. The molecule has 17 heavy (non-hydrogen) atoms. The van der Waals surface area contributed by atoms with Gasteiger partial charge in [-0.25, -0.2) is 0 Å². The van der Waals surface area contributed by atoms with Gasteiger partial charge in [0, 0.05) is 22.6 Å². The summed E-state index contributed by atoms with van der Waals surface area (Å²) in [6, 6.07) is 4.01. The van der Waals surface area contributed by atoms with Crippen molar-refractivity contribution < 1.29 is 14.7 Å². The summed E-state index contributed by atoms with van der Waals surface area (Å²) in [5.41, 5.74) is 0. The van der Waals surface area contributed by atoms with Gasteiger partial charge in [-0.15, -0.1) is 11.3 Å². The highest BCUT2D eigenvalue weighted by Gasteiger charge is 2.11. The van der Waals surface area contributed by atoms with E-state index in [9.17, 15) is 9.59 Å². The molecule has 1 amide bonds. The van der Waals surface area contributed by atoms with E-state index in [1.165, 1.54) is 4.88 Å². The summed E-state index contributed by atoms with van der Waals surface area (Å²) >= 11 is 1.66. The topological polar surface area (TPSA) is 66.4 Å². The van der Waals surface area contributed by atoms with Crippen molar-refractivity contribution in [1.29, 1.82) is 0 Å². The van der Waals surface area contributed by atoms with Crippen LogP contribution in [-0.2, 0) is 9.59 Å². The minimum atomic E-state index is -0.861. The average molecular weight is 255 g/mol. The zero-order valence-electron chi connectivity index (χ0n) is 10.0. The molecule has 94 valence electrons. The summed E-state index contributed by atoms with van der Waals surface area (Å²) in [5, 5.41) is 11.3. The molecule has 0 spiro atoms. The number of nitrogens with one attached hydrogen (secondary N) is 1. The Labute approximate surface area is 105 Å². The fourth-order valence-electron chi connectivity index (χ4n) is 1.47. The maximum atomic E-state index is 11.5. The molecule has 1 aromatic heterocycles. The van der Waals surface area contributed by atoms with E-state index in [4.69, 9.17) is 5.11 Å². The van der Waals surface area contributed by atoms with E-state index < -0.39 is 5.97 Å². The molecule has 0 bridgehead atoms. The van der Waals surface area contributed by atoms with Crippen LogP contribution in [0.3, 0.4) is 0 Å². The second kappa shape index (κ2) is 6.39. The minimum absolute atomic E-state index is 0.00831. The molecule has 1 aromatic rings. The number of aryl methyl sites for hydroxylation is 1. The van der Waals surface area contributed by atoms with Gasteiger partial charge in [-0.05, 0) is 32.4 Å². The smallest absolute Gasteiger partial charge is 0.303 e. The number of thiophene rings is 1. The van der Waals surface area contributed by atoms with Gasteiger partial charge in [-0.3, -0.25) is 9.59 Å². The van der Waals surface area contributed by atoms with Crippen LogP contribution in [0.2, 0.25) is 0 Å². The molecule has 1 atom stereocenters. The summed E-state index contributed by atoms with van der Waals surface area (Å²) < 4.78 is 0. The Bertz CT molecular complexity index is 400. The van der Waals surface area contributed by atoms with E-state index in [1.54, 1.807) is 11.3 Å². The highest BCUT2D eigenvalue weighted by Crippen LogP contribution is 2.22. The van der Waals surface area contributed by atoms with Crippen LogP contribution in [0.15, 0.2) is 12.1 Å². The summed E-state index contributed by atoms with van der Waals surface area (Å²) in [7, 11) is 0. The quantitative estimate of drug-likeness (QED) is 0.820. The Balaban J connectivity index is 2.33. The first-order valence-corrected chi connectivity index (χ1v) is 6.38. The van der Waals surface area contributed by atoms with Gasteiger partial charge in [0.25, 0.3) is 0 Å². The lowest BCUT2D eigenvalue weighted by molar-refractivity contribution is -0.137. The maximum Gasteiger partial charge on any atom is 0.303 e. The zero-order chi connectivity index (χ0) is 12.8. The van der Waals surface area contributed by atoms with Gasteiger partial charge in [0.1, 0.15) is 0 Å². The number of carbonyl (C=O) groups is 2. The van der Waals surface area contributed by atoms with Crippen LogP contribution in [0.1, 0.15) is 42.0 Å². The van der Waals surface area contributed by atoms with Crippen LogP contribution in [-0.4, -0.2) is 17.0 Å². The molecule has 0 aromatic carbocycles. The average Bonchev–Trinajstić information content (AvgIpc) is 2.64. The van der Waals surface area contributed by atoms with E-state index >= 15 is 0 Å². The third-order valence-corrected chi connectivity index (χ3v) is 3.54. The number of rotatable bonds is 6. The van der Waals surface area contributed by atoms with Crippen molar-refractivity contribution in [3.63, 3.8) is 0 Å². The second-order valence-corrected chi connectivity index (χ2v) is 5.30. The van der Waals surface area contributed by atoms with Crippen molar-refractivity contribution in [2.75, 3.05) is 0 Å². The van der Waals surface area contributed by atoms with Gasteiger partial charge in [0.05, 0.1) is 6.04 Å². The summed E-state index contributed by atoms with van der Waals surface area (Å²) in [6.07, 6.45) is 0.693. The number of carbonyl (C=O) groups excluding carboxylic acids is 1. The van der Waals surface area contributed by atoms with Crippen LogP contribution in [0.4, 0.5) is 0 Å². The Morgan fingerprint density at radius 2 is 2.12 bits per heavy atom.